The Bertz CT molecular complexity index is 436. The van der Waals surface area contributed by atoms with Gasteiger partial charge in [-0.1, -0.05) is 31.5 Å². The zero-order valence-corrected chi connectivity index (χ0v) is 12.9. The molecule has 1 aromatic rings. The van der Waals surface area contributed by atoms with Crippen LogP contribution in [0.4, 0.5) is 10.5 Å². The molecule has 5 nitrogen and oxygen atoms in total. The molecular formula is C14H21NO4S. The maximum atomic E-state index is 12.2. The molecule has 0 radical (unpaired) electrons. The van der Waals surface area contributed by atoms with E-state index >= 15 is 0 Å². The number of nitrogens with zero attached hydrogens (tertiary/aromatic N) is 1. The molecule has 0 spiro atoms. The molecular weight excluding hydrogens is 278 g/mol. The molecule has 0 bridgehead atoms. The number of ether oxygens (including phenoxy) is 1. The number of hydrogen-bond acceptors (Lipinski definition) is 4. The van der Waals surface area contributed by atoms with Gasteiger partial charge in [-0.15, -0.1) is 0 Å². The van der Waals surface area contributed by atoms with Gasteiger partial charge in [0.2, 0.25) is 0 Å². The number of para-hydroxylation sites is 1. The van der Waals surface area contributed by atoms with E-state index in [4.69, 9.17) is 8.92 Å². The summed E-state index contributed by atoms with van der Waals surface area (Å²) in [4.78, 5) is 12.1. The molecule has 6 heteroatoms. The Kier molecular flexibility index (Phi) is 7.25. The van der Waals surface area contributed by atoms with Gasteiger partial charge >= 0.3 is 6.09 Å². The molecule has 0 aliphatic rings. The van der Waals surface area contributed by atoms with Gasteiger partial charge in [0.05, 0.1) is 18.4 Å². The molecule has 20 heavy (non-hydrogen) atoms. The van der Waals surface area contributed by atoms with Gasteiger partial charge in [0, 0.05) is 0 Å². The van der Waals surface area contributed by atoms with Crippen LogP contribution in [0.2, 0.25) is 0 Å². The molecule has 1 aromatic carbocycles. The number of hydrogen-bond donors (Lipinski definition) is 0. The number of rotatable bonds is 7. The van der Waals surface area contributed by atoms with Crippen molar-refractivity contribution in [2.24, 2.45) is 0 Å². The van der Waals surface area contributed by atoms with Gasteiger partial charge in [-0.25, -0.2) is 9.00 Å². The van der Waals surface area contributed by atoms with Gasteiger partial charge in [-0.3, -0.25) is 4.18 Å². The first-order valence-electron chi connectivity index (χ1n) is 6.67. The second-order valence-electron chi connectivity index (χ2n) is 4.46. The summed E-state index contributed by atoms with van der Waals surface area (Å²) in [5.41, 5.74) is 0.480. The average molecular weight is 299 g/mol. The Morgan fingerprint density at radius 3 is 2.50 bits per heavy atom. The van der Waals surface area contributed by atoms with Crippen molar-refractivity contribution < 1.29 is 17.9 Å². The number of unbranched alkanes of at least 4 members (excludes halogenated alkanes) is 1. The van der Waals surface area contributed by atoms with Crippen molar-refractivity contribution in [2.45, 2.75) is 39.7 Å². The van der Waals surface area contributed by atoms with Crippen LogP contribution in [0.1, 0.15) is 33.6 Å². The first-order chi connectivity index (χ1) is 9.56. The van der Waals surface area contributed by atoms with E-state index in [0.29, 0.717) is 12.3 Å². The van der Waals surface area contributed by atoms with Crippen molar-refractivity contribution in [3.05, 3.63) is 30.3 Å². The summed E-state index contributed by atoms with van der Waals surface area (Å²) in [7, 11) is 0. The molecule has 0 aliphatic heterocycles. The smallest absolute Gasteiger partial charge is 0.428 e. The molecule has 112 valence electrons. The Hall–Kier alpha value is -1.40. The lowest BCUT2D eigenvalue weighted by molar-refractivity contribution is 0.126. The lowest BCUT2D eigenvalue weighted by atomic mass is 10.3. The number of anilines is 1. The zero-order chi connectivity index (χ0) is 15.0. The van der Waals surface area contributed by atoms with Crippen LogP contribution >= 0.6 is 0 Å². The third-order valence-electron chi connectivity index (χ3n) is 2.32. The van der Waals surface area contributed by atoms with E-state index in [2.05, 4.69) is 0 Å². The minimum absolute atomic E-state index is 0.290. The first kappa shape index (κ1) is 16.7. The van der Waals surface area contributed by atoms with E-state index in [1.165, 1.54) is 0 Å². The van der Waals surface area contributed by atoms with Crippen molar-refractivity contribution >= 4 is 23.0 Å². The maximum absolute atomic E-state index is 12.2. The van der Waals surface area contributed by atoms with Crippen LogP contribution < -0.4 is 4.31 Å². The van der Waals surface area contributed by atoms with Crippen LogP contribution in [0.15, 0.2) is 30.3 Å². The molecule has 0 fully saturated rings. The summed E-state index contributed by atoms with van der Waals surface area (Å²) >= 11 is -1.90. The molecule has 0 saturated carbocycles. The van der Waals surface area contributed by atoms with Crippen molar-refractivity contribution in [1.82, 2.24) is 0 Å². The Labute approximate surface area is 122 Å². The standard InChI is InChI=1S/C14H21NO4S/c1-4-5-11-18-20(17)15(14(16)19-12(2)3)13-9-7-6-8-10-13/h6-10,12H,4-5,11H2,1-3H3. The predicted octanol–water partition coefficient (Wildman–Crippen LogP) is 3.43. The second kappa shape index (κ2) is 8.71. The van der Waals surface area contributed by atoms with E-state index in [1.807, 2.05) is 13.0 Å². The highest BCUT2D eigenvalue weighted by atomic mass is 32.2. The fourth-order valence-electron chi connectivity index (χ4n) is 1.39. The van der Waals surface area contributed by atoms with Crippen LogP contribution in [0, 0.1) is 0 Å². The van der Waals surface area contributed by atoms with E-state index in [9.17, 15) is 9.00 Å². The van der Waals surface area contributed by atoms with Gasteiger partial charge in [-0.05, 0) is 32.4 Å². The second-order valence-corrected chi connectivity index (χ2v) is 5.49. The van der Waals surface area contributed by atoms with Crippen LogP contribution in [0.5, 0.6) is 0 Å². The zero-order valence-electron chi connectivity index (χ0n) is 12.1. The molecule has 0 aromatic heterocycles. The van der Waals surface area contributed by atoms with Crippen LogP contribution in [0.3, 0.4) is 0 Å². The van der Waals surface area contributed by atoms with E-state index < -0.39 is 17.4 Å². The van der Waals surface area contributed by atoms with Gasteiger partial charge in [0.1, 0.15) is 0 Å². The highest BCUT2D eigenvalue weighted by Crippen LogP contribution is 2.18. The normalized spacial score (nSPS) is 12.2. The van der Waals surface area contributed by atoms with Crippen molar-refractivity contribution in [3.8, 4) is 0 Å². The highest BCUT2D eigenvalue weighted by molar-refractivity contribution is 7.82. The van der Waals surface area contributed by atoms with Crippen molar-refractivity contribution in [3.63, 3.8) is 0 Å². The number of carbonyl (C=O) groups is 1. The van der Waals surface area contributed by atoms with Gasteiger partial charge in [0.25, 0.3) is 11.3 Å². The van der Waals surface area contributed by atoms with E-state index in [-0.39, 0.29) is 6.10 Å². The van der Waals surface area contributed by atoms with E-state index in [1.54, 1.807) is 38.1 Å². The number of carbonyl (C=O) groups excluding carboxylic acids is 1. The molecule has 0 aliphatic carbocycles. The number of amides is 1. The third kappa shape index (κ3) is 5.30. The van der Waals surface area contributed by atoms with Crippen LogP contribution in [-0.2, 0) is 20.2 Å². The lowest BCUT2D eigenvalue weighted by Gasteiger charge is -2.21. The lowest BCUT2D eigenvalue weighted by Crippen LogP contribution is -2.35. The van der Waals surface area contributed by atoms with Crippen molar-refractivity contribution in [2.75, 3.05) is 10.9 Å². The highest BCUT2D eigenvalue weighted by Gasteiger charge is 2.25. The first-order valence-corrected chi connectivity index (χ1v) is 7.70. The molecule has 0 saturated heterocycles. The predicted molar refractivity (Wildman–Crippen MR) is 79.5 cm³/mol. The Balaban J connectivity index is 2.84. The van der Waals surface area contributed by atoms with Gasteiger partial charge < -0.3 is 4.74 Å². The fraction of sp³-hybridized carbons (Fsp3) is 0.500. The third-order valence-corrected chi connectivity index (χ3v) is 3.35. The number of benzene rings is 1. The van der Waals surface area contributed by atoms with Gasteiger partial charge in [0.15, 0.2) is 0 Å². The quantitative estimate of drug-likeness (QED) is 0.724. The molecule has 1 amide bonds. The Morgan fingerprint density at radius 2 is 1.95 bits per heavy atom. The molecule has 1 unspecified atom stereocenters. The summed E-state index contributed by atoms with van der Waals surface area (Å²) in [6.45, 7) is 5.82. The molecule has 0 N–H and O–H groups in total. The Morgan fingerprint density at radius 1 is 1.30 bits per heavy atom. The summed E-state index contributed by atoms with van der Waals surface area (Å²) < 4.78 is 23.5. The van der Waals surface area contributed by atoms with Crippen LogP contribution in [-0.4, -0.2) is 23.0 Å². The summed E-state index contributed by atoms with van der Waals surface area (Å²) in [5.74, 6) is 0. The minimum atomic E-state index is -1.90. The van der Waals surface area contributed by atoms with E-state index in [0.717, 1.165) is 17.1 Å². The monoisotopic (exact) mass is 299 g/mol. The molecule has 0 heterocycles. The maximum Gasteiger partial charge on any atom is 0.428 e. The average Bonchev–Trinajstić information content (AvgIpc) is 2.39. The van der Waals surface area contributed by atoms with Crippen LogP contribution in [0.25, 0.3) is 0 Å². The minimum Gasteiger partial charge on any atom is -0.446 e. The van der Waals surface area contributed by atoms with Crippen molar-refractivity contribution in [1.29, 1.82) is 0 Å². The molecule has 1 rings (SSSR count). The summed E-state index contributed by atoms with van der Waals surface area (Å²) in [6, 6.07) is 8.70. The topological polar surface area (TPSA) is 55.8 Å². The largest absolute Gasteiger partial charge is 0.446 e. The summed E-state index contributed by atoms with van der Waals surface area (Å²) in [5, 5.41) is 0. The van der Waals surface area contributed by atoms with Gasteiger partial charge in [-0.2, -0.15) is 4.31 Å². The fourth-order valence-corrected chi connectivity index (χ4v) is 2.22. The molecule has 1 atom stereocenters. The summed E-state index contributed by atoms with van der Waals surface area (Å²) in [6.07, 6.45) is 0.745. The SMILES string of the molecule is CCCCOS(=O)N(C(=O)OC(C)C)c1ccccc1.